The van der Waals surface area contributed by atoms with Gasteiger partial charge >= 0.3 is 0 Å². The molecule has 1 N–H and O–H groups in total. The maximum absolute atomic E-state index is 12.9. The van der Waals surface area contributed by atoms with Crippen molar-refractivity contribution in [2.75, 3.05) is 45.3 Å². The highest BCUT2D eigenvalue weighted by Crippen LogP contribution is 2.26. The molecule has 0 aliphatic carbocycles. The Bertz CT molecular complexity index is 953. The summed E-state index contributed by atoms with van der Waals surface area (Å²) < 4.78 is 43.0. The molecule has 0 spiro atoms. The van der Waals surface area contributed by atoms with Crippen LogP contribution in [0.3, 0.4) is 0 Å². The molecule has 156 valence electrons. The molecule has 1 saturated heterocycles. The van der Waals surface area contributed by atoms with E-state index in [1.54, 1.807) is 24.3 Å². The van der Waals surface area contributed by atoms with Gasteiger partial charge in [-0.2, -0.15) is 4.31 Å². The molecule has 1 heterocycles. The first kappa shape index (κ1) is 21.1. The molecule has 1 fully saturated rings. The van der Waals surface area contributed by atoms with Gasteiger partial charge < -0.3 is 19.5 Å². The number of sulfonamides is 1. The van der Waals surface area contributed by atoms with Gasteiger partial charge in [-0.05, 0) is 49.4 Å². The molecule has 0 unspecified atom stereocenters. The highest BCUT2D eigenvalue weighted by atomic mass is 32.2. The molecule has 2 aromatic carbocycles. The zero-order valence-electron chi connectivity index (χ0n) is 16.4. The first-order valence-corrected chi connectivity index (χ1v) is 10.7. The zero-order chi connectivity index (χ0) is 20.9. The normalized spacial score (nSPS) is 15.0. The quantitative estimate of drug-likeness (QED) is 0.739. The van der Waals surface area contributed by atoms with E-state index in [4.69, 9.17) is 14.2 Å². The summed E-state index contributed by atoms with van der Waals surface area (Å²) in [5.41, 5.74) is 0.692. The van der Waals surface area contributed by atoms with Gasteiger partial charge in [-0.3, -0.25) is 4.79 Å². The number of methoxy groups -OCH3 is 1. The Kier molecular flexibility index (Phi) is 6.73. The number of hydrogen-bond donors (Lipinski definition) is 1. The van der Waals surface area contributed by atoms with Gasteiger partial charge in [-0.15, -0.1) is 0 Å². The molecule has 2 aromatic rings. The largest absolute Gasteiger partial charge is 0.496 e. The van der Waals surface area contributed by atoms with Crippen LogP contribution >= 0.6 is 0 Å². The number of rotatable bonds is 7. The average Bonchev–Trinajstić information content (AvgIpc) is 2.75. The van der Waals surface area contributed by atoms with Gasteiger partial charge in [0.25, 0.3) is 5.91 Å². The first-order chi connectivity index (χ1) is 14.0. The predicted molar refractivity (Wildman–Crippen MR) is 108 cm³/mol. The highest BCUT2D eigenvalue weighted by Gasteiger charge is 2.28. The summed E-state index contributed by atoms with van der Waals surface area (Å²) in [6.45, 7) is 3.69. The molecule has 1 aliphatic rings. The fourth-order valence-corrected chi connectivity index (χ4v) is 4.40. The van der Waals surface area contributed by atoms with E-state index in [0.717, 1.165) is 0 Å². The Hall–Kier alpha value is -2.62. The highest BCUT2D eigenvalue weighted by molar-refractivity contribution is 7.89. The van der Waals surface area contributed by atoms with Crippen molar-refractivity contribution < 1.29 is 27.4 Å². The van der Waals surface area contributed by atoms with Crippen LogP contribution in [0.25, 0.3) is 0 Å². The van der Waals surface area contributed by atoms with E-state index in [1.807, 2.05) is 6.92 Å². The van der Waals surface area contributed by atoms with Crippen LogP contribution in [-0.4, -0.2) is 58.7 Å². The van der Waals surface area contributed by atoms with Crippen molar-refractivity contribution in [1.29, 1.82) is 0 Å². The summed E-state index contributed by atoms with van der Waals surface area (Å²) in [7, 11) is -2.30. The fraction of sp³-hybridized carbons (Fsp3) is 0.350. The Morgan fingerprint density at radius 3 is 2.45 bits per heavy atom. The fourth-order valence-electron chi connectivity index (χ4n) is 2.96. The van der Waals surface area contributed by atoms with Gasteiger partial charge in [0, 0.05) is 18.8 Å². The Labute approximate surface area is 170 Å². The number of morpholine rings is 1. The van der Waals surface area contributed by atoms with Crippen LogP contribution in [0.2, 0.25) is 0 Å². The van der Waals surface area contributed by atoms with Crippen LogP contribution in [0, 0.1) is 0 Å². The number of nitrogens with zero attached hydrogens (tertiary/aromatic N) is 1. The molecule has 0 bridgehead atoms. The molecular formula is C20H24N2O6S. The third kappa shape index (κ3) is 4.87. The Balaban J connectivity index is 1.85. The number of anilines is 1. The lowest BCUT2D eigenvalue weighted by atomic mass is 10.2. The summed E-state index contributed by atoms with van der Waals surface area (Å²) in [6.07, 6.45) is 0. The third-order valence-corrected chi connectivity index (χ3v) is 6.34. The van der Waals surface area contributed by atoms with Crippen LogP contribution in [0.1, 0.15) is 17.3 Å². The topological polar surface area (TPSA) is 94.2 Å². The number of nitrogens with one attached hydrogen (secondary N) is 1. The van der Waals surface area contributed by atoms with E-state index in [0.29, 0.717) is 31.3 Å². The van der Waals surface area contributed by atoms with Crippen molar-refractivity contribution in [3.63, 3.8) is 0 Å². The van der Waals surface area contributed by atoms with Gasteiger partial charge in [0.05, 0.1) is 37.4 Å². The van der Waals surface area contributed by atoms with Gasteiger partial charge in [-0.1, -0.05) is 0 Å². The Morgan fingerprint density at radius 2 is 1.83 bits per heavy atom. The molecule has 8 nitrogen and oxygen atoms in total. The van der Waals surface area contributed by atoms with E-state index < -0.39 is 15.9 Å². The lowest BCUT2D eigenvalue weighted by Crippen LogP contribution is -2.40. The minimum atomic E-state index is -3.73. The monoisotopic (exact) mass is 420 g/mol. The van der Waals surface area contributed by atoms with Crippen molar-refractivity contribution in [3.05, 3.63) is 48.0 Å². The molecular weight excluding hydrogens is 396 g/mol. The molecule has 3 rings (SSSR count). The number of carbonyl (C=O) groups excluding carboxylic acids is 1. The smallest absolute Gasteiger partial charge is 0.259 e. The van der Waals surface area contributed by atoms with Crippen molar-refractivity contribution in [3.8, 4) is 11.5 Å². The van der Waals surface area contributed by atoms with Crippen molar-refractivity contribution in [2.45, 2.75) is 11.8 Å². The van der Waals surface area contributed by atoms with E-state index in [2.05, 4.69) is 5.32 Å². The number of carbonyl (C=O) groups is 1. The summed E-state index contributed by atoms with van der Waals surface area (Å²) in [5.74, 6) is 0.515. The number of benzene rings is 2. The Morgan fingerprint density at radius 1 is 1.14 bits per heavy atom. The molecule has 0 aromatic heterocycles. The SMILES string of the molecule is CCOc1ccc(NC(=O)c2cc(S(=O)(=O)N3CCOCC3)ccc2OC)cc1. The van der Waals surface area contributed by atoms with Crippen LogP contribution in [0.4, 0.5) is 5.69 Å². The van der Waals surface area contributed by atoms with E-state index >= 15 is 0 Å². The minimum absolute atomic E-state index is 0.0389. The van der Waals surface area contributed by atoms with Crippen molar-refractivity contribution >= 4 is 21.6 Å². The molecule has 29 heavy (non-hydrogen) atoms. The maximum atomic E-state index is 12.9. The van der Waals surface area contributed by atoms with Crippen molar-refractivity contribution in [1.82, 2.24) is 4.31 Å². The maximum Gasteiger partial charge on any atom is 0.259 e. The molecule has 0 radical (unpaired) electrons. The van der Waals surface area contributed by atoms with Crippen molar-refractivity contribution in [2.24, 2.45) is 0 Å². The first-order valence-electron chi connectivity index (χ1n) is 9.26. The van der Waals surface area contributed by atoms with Crippen LogP contribution in [0.5, 0.6) is 11.5 Å². The lowest BCUT2D eigenvalue weighted by Gasteiger charge is -2.26. The van der Waals surface area contributed by atoms with Crippen LogP contribution in [-0.2, 0) is 14.8 Å². The van der Waals surface area contributed by atoms with Gasteiger partial charge in [0.15, 0.2) is 0 Å². The summed E-state index contributed by atoms with van der Waals surface area (Å²) in [4.78, 5) is 12.8. The number of hydrogen-bond acceptors (Lipinski definition) is 6. The number of ether oxygens (including phenoxy) is 3. The zero-order valence-corrected chi connectivity index (χ0v) is 17.2. The van der Waals surface area contributed by atoms with Crippen LogP contribution < -0.4 is 14.8 Å². The summed E-state index contributed by atoms with van der Waals surface area (Å²) in [6, 6.07) is 11.2. The summed E-state index contributed by atoms with van der Waals surface area (Å²) in [5, 5.41) is 2.76. The van der Waals surface area contributed by atoms with E-state index in [9.17, 15) is 13.2 Å². The second-order valence-corrected chi connectivity index (χ2v) is 8.23. The molecule has 1 aliphatic heterocycles. The van der Waals surface area contributed by atoms with E-state index in [-0.39, 0.29) is 29.3 Å². The second-order valence-electron chi connectivity index (χ2n) is 6.29. The van der Waals surface area contributed by atoms with Gasteiger partial charge in [-0.25, -0.2) is 8.42 Å². The standard InChI is InChI=1S/C20H24N2O6S/c1-3-28-16-6-4-15(5-7-16)21-20(23)18-14-17(8-9-19(18)26-2)29(24,25)22-10-12-27-13-11-22/h4-9,14H,3,10-13H2,1-2H3,(H,21,23). The molecule has 1 amide bonds. The molecule has 0 saturated carbocycles. The van der Waals surface area contributed by atoms with Crippen LogP contribution in [0.15, 0.2) is 47.4 Å². The predicted octanol–water partition coefficient (Wildman–Crippen LogP) is 2.37. The third-order valence-electron chi connectivity index (χ3n) is 4.45. The second kappa shape index (κ2) is 9.25. The summed E-state index contributed by atoms with van der Waals surface area (Å²) >= 11 is 0. The lowest BCUT2D eigenvalue weighted by molar-refractivity contribution is 0.0730. The average molecular weight is 420 g/mol. The molecule has 9 heteroatoms. The van der Waals surface area contributed by atoms with Gasteiger partial charge in [0.2, 0.25) is 10.0 Å². The molecule has 0 atom stereocenters. The minimum Gasteiger partial charge on any atom is -0.496 e. The number of amides is 1. The van der Waals surface area contributed by atoms with Gasteiger partial charge in [0.1, 0.15) is 11.5 Å². The van der Waals surface area contributed by atoms with E-state index in [1.165, 1.54) is 29.6 Å².